The predicted octanol–water partition coefficient (Wildman–Crippen LogP) is 2.17. The number of halogens is 1. The third kappa shape index (κ3) is 2.84. The minimum absolute atomic E-state index is 0.0253. The Morgan fingerprint density at radius 2 is 2.12 bits per heavy atom. The van der Waals surface area contributed by atoms with Gasteiger partial charge in [-0.1, -0.05) is 29.8 Å². The second-order valence-corrected chi connectivity index (χ2v) is 5.94. The molecule has 0 N–H and O–H groups in total. The van der Waals surface area contributed by atoms with Crippen LogP contribution in [0.4, 0.5) is 0 Å². The molecule has 86 valence electrons. The maximum Gasteiger partial charge on any atom is 0.174 e. The average Bonchev–Trinajstić information content (AvgIpc) is 2.57. The van der Waals surface area contributed by atoms with Crippen molar-refractivity contribution < 1.29 is 13.2 Å². The maximum atomic E-state index is 11.1. The zero-order chi connectivity index (χ0) is 11.6. The topological polar surface area (TPSA) is 43.4 Å². The van der Waals surface area contributed by atoms with Crippen molar-refractivity contribution in [2.45, 2.75) is 12.7 Å². The van der Waals surface area contributed by atoms with Crippen molar-refractivity contribution in [3.8, 4) is 0 Å². The molecule has 0 saturated carbocycles. The summed E-state index contributed by atoms with van der Waals surface area (Å²) in [6, 6.07) is 7.34. The molecule has 0 saturated heterocycles. The minimum atomic E-state index is -3.05. The Labute approximate surface area is 99.6 Å². The van der Waals surface area contributed by atoms with Gasteiger partial charge in [-0.3, -0.25) is 0 Å². The highest BCUT2D eigenvalue weighted by atomic mass is 35.5. The van der Waals surface area contributed by atoms with E-state index < -0.39 is 9.84 Å². The summed E-state index contributed by atoms with van der Waals surface area (Å²) in [5.74, 6) is 0.0253. The molecule has 0 fully saturated rings. The van der Waals surface area contributed by atoms with Gasteiger partial charge >= 0.3 is 0 Å². The number of ether oxygens (including phenoxy) is 1. The molecule has 1 heterocycles. The molecule has 16 heavy (non-hydrogen) atoms. The maximum absolute atomic E-state index is 11.1. The monoisotopic (exact) mass is 258 g/mol. The Kier molecular flexibility index (Phi) is 3.33. The second kappa shape index (κ2) is 4.57. The minimum Gasteiger partial charge on any atom is -0.368 e. The van der Waals surface area contributed by atoms with Crippen LogP contribution in [-0.2, 0) is 21.2 Å². The fourth-order valence-corrected chi connectivity index (χ4v) is 2.84. The van der Waals surface area contributed by atoms with Crippen LogP contribution >= 0.6 is 11.6 Å². The highest BCUT2D eigenvalue weighted by molar-refractivity contribution is 7.94. The summed E-state index contributed by atoms with van der Waals surface area (Å²) in [7, 11) is -3.05. The van der Waals surface area contributed by atoms with Gasteiger partial charge in [0.15, 0.2) is 9.84 Å². The highest BCUT2D eigenvalue weighted by Crippen LogP contribution is 2.18. The Hall–Kier alpha value is -0.840. The van der Waals surface area contributed by atoms with Gasteiger partial charge in [-0.05, 0) is 17.7 Å². The van der Waals surface area contributed by atoms with Crippen molar-refractivity contribution in [2.24, 2.45) is 0 Å². The molecule has 0 aromatic heterocycles. The van der Waals surface area contributed by atoms with Crippen LogP contribution in [0, 0.1) is 0 Å². The standard InChI is InChI=1S/C11H11ClO3S/c12-11-4-2-1-3-9(11)7-15-10-5-6-16(13,14)8-10/h1-6,10H,7-8H2. The summed E-state index contributed by atoms with van der Waals surface area (Å²) in [6.45, 7) is 0.324. The van der Waals surface area contributed by atoms with Crippen molar-refractivity contribution in [2.75, 3.05) is 5.75 Å². The van der Waals surface area contributed by atoms with Crippen LogP contribution in [0.3, 0.4) is 0 Å². The van der Waals surface area contributed by atoms with Gasteiger partial charge in [-0.25, -0.2) is 8.42 Å². The number of hydrogen-bond acceptors (Lipinski definition) is 3. The van der Waals surface area contributed by atoms with Gasteiger partial charge in [0, 0.05) is 10.4 Å². The van der Waals surface area contributed by atoms with Crippen LogP contribution in [-0.4, -0.2) is 20.3 Å². The lowest BCUT2D eigenvalue weighted by Crippen LogP contribution is -2.15. The van der Waals surface area contributed by atoms with E-state index in [1.807, 2.05) is 18.2 Å². The van der Waals surface area contributed by atoms with Crippen LogP contribution in [0.2, 0.25) is 5.02 Å². The van der Waals surface area contributed by atoms with Crippen molar-refractivity contribution in [1.82, 2.24) is 0 Å². The van der Waals surface area contributed by atoms with E-state index >= 15 is 0 Å². The van der Waals surface area contributed by atoms with E-state index in [-0.39, 0.29) is 11.9 Å². The van der Waals surface area contributed by atoms with Crippen LogP contribution < -0.4 is 0 Å². The predicted molar refractivity (Wildman–Crippen MR) is 63.0 cm³/mol. The van der Waals surface area contributed by atoms with Gasteiger partial charge in [0.2, 0.25) is 0 Å². The zero-order valence-corrected chi connectivity index (χ0v) is 10.0. The number of rotatable bonds is 3. The summed E-state index contributed by atoms with van der Waals surface area (Å²) in [4.78, 5) is 0. The van der Waals surface area contributed by atoms with E-state index in [1.54, 1.807) is 12.1 Å². The SMILES string of the molecule is O=S1(=O)C=CC(OCc2ccccc2Cl)C1. The molecule has 1 aromatic rings. The van der Waals surface area contributed by atoms with Crippen molar-refractivity contribution in [1.29, 1.82) is 0 Å². The fourth-order valence-electron chi connectivity index (χ4n) is 1.46. The van der Waals surface area contributed by atoms with Gasteiger partial charge < -0.3 is 4.74 Å². The van der Waals surface area contributed by atoms with E-state index in [0.717, 1.165) is 5.56 Å². The van der Waals surface area contributed by atoms with E-state index in [2.05, 4.69) is 0 Å². The third-order valence-corrected chi connectivity index (χ3v) is 4.04. The first kappa shape index (κ1) is 11.6. The lowest BCUT2D eigenvalue weighted by molar-refractivity contribution is 0.0877. The lowest BCUT2D eigenvalue weighted by Gasteiger charge is -2.09. The second-order valence-electron chi connectivity index (χ2n) is 3.60. The molecular formula is C11H11ClO3S. The van der Waals surface area contributed by atoms with Crippen molar-refractivity contribution in [3.05, 3.63) is 46.3 Å². The molecule has 5 heteroatoms. The van der Waals surface area contributed by atoms with E-state index in [1.165, 1.54) is 5.41 Å². The molecule has 2 rings (SSSR count). The molecule has 0 radical (unpaired) electrons. The van der Waals surface area contributed by atoms with Crippen LogP contribution in [0.1, 0.15) is 5.56 Å². The lowest BCUT2D eigenvalue weighted by atomic mass is 10.2. The summed E-state index contributed by atoms with van der Waals surface area (Å²) in [6.07, 6.45) is 1.20. The molecular weight excluding hydrogens is 248 g/mol. The molecule has 1 unspecified atom stereocenters. The average molecular weight is 259 g/mol. The van der Waals surface area contributed by atoms with Gasteiger partial charge in [0.05, 0.1) is 18.5 Å². The molecule has 0 spiro atoms. The molecule has 0 bridgehead atoms. The quantitative estimate of drug-likeness (QED) is 0.835. The van der Waals surface area contributed by atoms with Crippen LogP contribution in [0.5, 0.6) is 0 Å². The Morgan fingerprint density at radius 1 is 1.38 bits per heavy atom. The molecule has 1 aliphatic heterocycles. The van der Waals surface area contributed by atoms with Crippen LogP contribution in [0.25, 0.3) is 0 Å². The fraction of sp³-hybridized carbons (Fsp3) is 0.273. The van der Waals surface area contributed by atoms with E-state index in [4.69, 9.17) is 16.3 Å². The van der Waals surface area contributed by atoms with Gasteiger partial charge in [0.1, 0.15) is 0 Å². The third-order valence-electron chi connectivity index (χ3n) is 2.31. The van der Waals surface area contributed by atoms with E-state index in [9.17, 15) is 8.42 Å². The van der Waals surface area contributed by atoms with Crippen molar-refractivity contribution >= 4 is 21.4 Å². The van der Waals surface area contributed by atoms with Gasteiger partial charge in [-0.2, -0.15) is 0 Å². The first-order valence-corrected chi connectivity index (χ1v) is 6.92. The normalized spacial score (nSPS) is 22.4. The number of sulfone groups is 1. The Bertz CT molecular complexity index is 508. The summed E-state index contributed by atoms with van der Waals surface area (Å²) >= 11 is 5.95. The van der Waals surface area contributed by atoms with Crippen LogP contribution in [0.15, 0.2) is 35.7 Å². The van der Waals surface area contributed by atoms with Gasteiger partial charge in [-0.15, -0.1) is 0 Å². The Balaban J connectivity index is 1.95. The molecule has 0 aliphatic carbocycles. The first-order valence-electron chi connectivity index (χ1n) is 4.83. The zero-order valence-electron chi connectivity index (χ0n) is 8.47. The summed E-state index contributed by atoms with van der Waals surface area (Å²) < 4.78 is 27.7. The summed E-state index contributed by atoms with van der Waals surface area (Å²) in [5.41, 5.74) is 0.863. The smallest absolute Gasteiger partial charge is 0.174 e. The van der Waals surface area contributed by atoms with E-state index in [0.29, 0.717) is 11.6 Å². The number of benzene rings is 1. The molecule has 3 nitrogen and oxygen atoms in total. The highest BCUT2D eigenvalue weighted by Gasteiger charge is 2.22. The molecule has 1 atom stereocenters. The van der Waals surface area contributed by atoms with Gasteiger partial charge in [0.25, 0.3) is 0 Å². The molecule has 1 aliphatic rings. The molecule has 0 amide bonds. The van der Waals surface area contributed by atoms with Crippen molar-refractivity contribution in [3.63, 3.8) is 0 Å². The number of hydrogen-bond donors (Lipinski definition) is 0. The largest absolute Gasteiger partial charge is 0.368 e. The summed E-state index contributed by atoms with van der Waals surface area (Å²) in [5, 5.41) is 1.83. The molecule has 1 aromatic carbocycles. The Morgan fingerprint density at radius 3 is 2.75 bits per heavy atom. The first-order chi connectivity index (χ1) is 7.57.